The summed E-state index contributed by atoms with van der Waals surface area (Å²) < 4.78 is 0. The Labute approximate surface area is 97.5 Å². The van der Waals surface area contributed by atoms with Gasteiger partial charge in [0.05, 0.1) is 0 Å². The van der Waals surface area contributed by atoms with Crippen LogP contribution in [-0.2, 0) is 9.59 Å². The van der Waals surface area contributed by atoms with Crippen LogP contribution in [0, 0.1) is 6.92 Å². The third kappa shape index (κ3) is 3.74. The van der Waals surface area contributed by atoms with E-state index in [0.717, 1.165) is 17.7 Å². The lowest BCUT2D eigenvalue weighted by atomic mass is 10.2. The van der Waals surface area contributed by atoms with Crippen molar-refractivity contribution in [3.05, 3.63) is 40.9 Å². The number of hydrogen-bond acceptors (Lipinski definition) is 2. The van der Waals surface area contributed by atoms with E-state index in [1.807, 2.05) is 0 Å². The molecule has 1 amide bonds. The molecule has 4 nitrogen and oxygen atoms in total. The average molecular weight is 240 g/mol. The molecule has 0 unspecified atom stereocenters. The number of carbonyl (C=O) groups excluding carboxylic acids is 1. The number of carbonyl (C=O) groups is 2. The Morgan fingerprint density at radius 3 is 2.62 bits per heavy atom. The molecular formula is C11H10ClNO3. The van der Waals surface area contributed by atoms with Crippen LogP contribution < -0.4 is 5.32 Å². The van der Waals surface area contributed by atoms with Crippen molar-refractivity contribution in [1.29, 1.82) is 0 Å². The van der Waals surface area contributed by atoms with Gasteiger partial charge in [0.25, 0.3) is 0 Å². The molecule has 0 heterocycles. The zero-order valence-electron chi connectivity index (χ0n) is 8.53. The molecule has 0 aliphatic carbocycles. The molecule has 0 saturated carbocycles. The third-order valence-electron chi connectivity index (χ3n) is 1.82. The highest BCUT2D eigenvalue weighted by atomic mass is 35.5. The SMILES string of the molecule is Cc1cc(Cl)ccc1NC(=O)/C=C\C(=O)O. The highest BCUT2D eigenvalue weighted by Crippen LogP contribution is 2.19. The standard InChI is InChI=1S/C11H10ClNO3/c1-7-6-8(12)2-3-9(7)13-10(14)4-5-11(15)16/h2-6H,1H3,(H,13,14)(H,15,16)/b5-4-. The van der Waals surface area contributed by atoms with E-state index in [4.69, 9.17) is 16.7 Å². The Balaban J connectivity index is 2.73. The van der Waals surface area contributed by atoms with Crippen molar-refractivity contribution in [2.24, 2.45) is 0 Å². The van der Waals surface area contributed by atoms with Gasteiger partial charge >= 0.3 is 5.97 Å². The molecular weight excluding hydrogens is 230 g/mol. The normalized spacial score (nSPS) is 10.4. The smallest absolute Gasteiger partial charge is 0.328 e. The Kier molecular flexibility index (Phi) is 4.08. The van der Waals surface area contributed by atoms with E-state index >= 15 is 0 Å². The van der Waals surface area contributed by atoms with Crippen molar-refractivity contribution in [2.45, 2.75) is 6.92 Å². The second-order valence-corrected chi connectivity index (χ2v) is 3.56. The van der Waals surface area contributed by atoms with E-state index in [0.29, 0.717) is 10.7 Å². The van der Waals surface area contributed by atoms with Crippen LogP contribution in [-0.4, -0.2) is 17.0 Å². The molecule has 0 spiro atoms. The topological polar surface area (TPSA) is 66.4 Å². The number of nitrogens with one attached hydrogen (secondary N) is 1. The van der Waals surface area contributed by atoms with Crippen molar-refractivity contribution >= 4 is 29.2 Å². The Morgan fingerprint density at radius 1 is 1.38 bits per heavy atom. The first-order valence-electron chi connectivity index (χ1n) is 4.47. The molecule has 0 bridgehead atoms. The van der Waals surface area contributed by atoms with E-state index in [1.165, 1.54) is 0 Å². The van der Waals surface area contributed by atoms with Gasteiger partial charge in [-0.05, 0) is 30.7 Å². The number of anilines is 1. The van der Waals surface area contributed by atoms with Crippen molar-refractivity contribution in [3.8, 4) is 0 Å². The van der Waals surface area contributed by atoms with Crippen LogP contribution in [0.5, 0.6) is 0 Å². The highest BCUT2D eigenvalue weighted by Gasteiger charge is 2.02. The van der Waals surface area contributed by atoms with Crippen LogP contribution in [0.15, 0.2) is 30.4 Å². The lowest BCUT2D eigenvalue weighted by molar-refractivity contribution is -0.131. The molecule has 1 aromatic carbocycles. The zero-order chi connectivity index (χ0) is 12.1. The molecule has 0 saturated heterocycles. The second kappa shape index (κ2) is 5.32. The number of aryl methyl sites for hydroxylation is 1. The third-order valence-corrected chi connectivity index (χ3v) is 2.06. The Hall–Kier alpha value is -1.81. The lowest BCUT2D eigenvalue weighted by Gasteiger charge is -2.06. The maximum Gasteiger partial charge on any atom is 0.328 e. The van der Waals surface area contributed by atoms with Crippen molar-refractivity contribution in [1.82, 2.24) is 0 Å². The molecule has 1 rings (SSSR count). The molecule has 1 aromatic rings. The predicted molar refractivity (Wildman–Crippen MR) is 61.6 cm³/mol. The van der Waals surface area contributed by atoms with Gasteiger partial charge in [0.15, 0.2) is 0 Å². The summed E-state index contributed by atoms with van der Waals surface area (Å²) in [5, 5.41) is 11.5. The number of hydrogen-bond donors (Lipinski definition) is 2. The van der Waals surface area contributed by atoms with E-state index < -0.39 is 11.9 Å². The van der Waals surface area contributed by atoms with Gasteiger partial charge < -0.3 is 10.4 Å². The van der Waals surface area contributed by atoms with Gasteiger partial charge in [0.2, 0.25) is 5.91 Å². The Morgan fingerprint density at radius 2 is 2.06 bits per heavy atom. The number of amides is 1. The van der Waals surface area contributed by atoms with E-state index in [2.05, 4.69) is 5.32 Å². The monoisotopic (exact) mass is 239 g/mol. The number of rotatable bonds is 3. The van der Waals surface area contributed by atoms with Crippen molar-refractivity contribution in [3.63, 3.8) is 0 Å². The van der Waals surface area contributed by atoms with Crippen LogP contribution in [0.4, 0.5) is 5.69 Å². The van der Waals surface area contributed by atoms with Gasteiger partial charge in [-0.2, -0.15) is 0 Å². The van der Waals surface area contributed by atoms with Crippen LogP contribution in [0.2, 0.25) is 5.02 Å². The summed E-state index contributed by atoms with van der Waals surface area (Å²) in [6.07, 6.45) is 1.73. The molecule has 84 valence electrons. The maximum absolute atomic E-state index is 11.3. The zero-order valence-corrected chi connectivity index (χ0v) is 9.28. The van der Waals surface area contributed by atoms with Crippen LogP contribution in [0.1, 0.15) is 5.56 Å². The first-order chi connectivity index (χ1) is 7.49. The molecule has 0 atom stereocenters. The first kappa shape index (κ1) is 12.3. The first-order valence-corrected chi connectivity index (χ1v) is 4.85. The quantitative estimate of drug-likeness (QED) is 0.795. The fraction of sp³-hybridized carbons (Fsp3) is 0.0909. The lowest BCUT2D eigenvalue weighted by Crippen LogP contribution is -2.09. The van der Waals surface area contributed by atoms with Gasteiger partial charge in [0, 0.05) is 22.9 Å². The molecule has 0 aliphatic rings. The van der Waals surface area contributed by atoms with Crippen LogP contribution in [0.25, 0.3) is 0 Å². The second-order valence-electron chi connectivity index (χ2n) is 3.12. The molecule has 2 N–H and O–H groups in total. The molecule has 0 aliphatic heterocycles. The summed E-state index contributed by atoms with van der Waals surface area (Å²) in [7, 11) is 0. The number of carboxylic acids is 1. The van der Waals surface area contributed by atoms with Gasteiger partial charge in [0.1, 0.15) is 0 Å². The summed E-state index contributed by atoms with van der Waals surface area (Å²) in [5.74, 6) is -1.66. The minimum Gasteiger partial charge on any atom is -0.478 e. The predicted octanol–water partition coefficient (Wildman–Crippen LogP) is 2.23. The molecule has 0 radical (unpaired) electrons. The average Bonchev–Trinajstić information content (AvgIpc) is 2.19. The summed E-state index contributed by atoms with van der Waals surface area (Å²) in [6, 6.07) is 5.01. The van der Waals surface area contributed by atoms with Gasteiger partial charge in [-0.1, -0.05) is 11.6 Å². The van der Waals surface area contributed by atoms with E-state index in [9.17, 15) is 9.59 Å². The largest absolute Gasteiger partial charge is 0.478 e. The van der Waals surface area contributed by atoms with E-state index in [1.54, 1.807) is 25.1 Å². The maximum atomic E-state index is 11.3. The van der Waals surface area contributed by atoms with Crippen LogP contribution in [0.3, 0.4) is 0 Å². The molecule has 0 fully saturated rings. The Bertz CT molecular complexity index is 455. The highest BCUT2D eigenvalue weighted by molar-refractivity contribution is 6.30. The summed E-state index contributed by atoms with van der Waals surface area (Å²) in [6.45, 7) is 1.79. The number of carboxylic acid groups (broad SMARTS) is 1. The van der Waals surface area contributed by atoms with Crippen molar-refractivity contribution in [2.75, 3.05) is 5.32 Å². The molecule has 0 aromatic heterocycles. The fourth-order valence-electron chi connectivity index (χ4n) is 1.09. The summed E-state index contributed by atoms with van der Waals surface area (Å²) in [4.78, 5) is 21.4. The molecule has 5 heteroatoms. The van der Waals surface area contributed by atoms with Crippen LogP contribution >= 0.6 is 11.6 Å². The van der Waals surface area contributed by atoms with Crippen molar-refractivity contribution < 1.29 is 14.7 Å². The minimum atomic E-state index is -1.16. The van der Waals surface area contributed by atoms with Gasteiger partial charge in [-0.25, -0.2) is 4.79 Å². The van der Waals surface area contributed by atoms with E-state index in [-0.39, 0.29) is 0 Å². The number of halogens is 1. The number of benzene rings is 1. The van der Waals surface area contributed by atoms with Gasteiger partial charge in [-0.15, -0.1) is 0 Å². The minimum absolute atomic E-state index is 0.493. The summed E-state index contributed by atoms with van der Waals surface area (Å²) >= 11 is 5.75. The number of aliphatic carboxylic acids is 1. The van der Waals surface area contributed by atoms with Gasteiger partial charge in [-0.3, -0.25) is 4.79 Å². The molecule has 16 heavy (non-hydrogen) atoms. The fourth-order valence-corrected chi connectivity index (χ4v) is 1.32. The summed E-state index contributed by atoms with van der Waals surface area (Å²) in [5.41, 5.74) is 1.41.